The molecule has 0 bridgehead atoms. The molecule has 34 heavy (non-hydrogen) atoms. The molecule has 1 atom stereocenters. The summed E-state index contributed by atoms with van der Waals surface area (Å²) in [6.45, 7) is 4.02. The van der Waals surface area contributed by atoms with Crippen molar-refractivity contribution in [3.05, 3.63) is 59.2 Å². The summed E-state index contributed by atoms with van der Waals surface area (Å²) in [4.78, 5) is 37.6. The van der Waals surface area contributed by atoms with Crippen LogP contribution in [0.15, 0.2) is 52.3 Å². The van der Waals surface area contributed by atoms with E-state index in [1.165, 1.54) is 19.4 Å². The molecule has 1 aliphatic rings. The van der Waals surface area contributed by atoms with Gasteiger partial charge in [0.25, 0.3) is 0 Å². The SMILES string of the molecule is CCCCOc1ccc(C(=O)OCC2=C(C(=O)OCC)[C@@H](c3ccco3)NC(=O)N2)cc1OC. The smallest absolute Gasteiger partial charge is 0.338 e. The number of hydrogen-bond acceptors (Lipinski definition) is 8. The van der Waals surface area contributed by atoms with Gasteiger partial charge in [-0.15, -0.1) is 0 Å². The summed E-state index contributed by atoms with van der Waals surface area (Å²) < 4.78 is 26.9. The molecule has 0 saturated carbocycles. The highest BCUT2D eigenvalue weighted by molar-refractivity contribution is 5.95. The molecule has 2 amide bonds. The zero-order valence-electron chi connectivity index (χ0n) is 19.3. The van der Waals surface area contributed by atoms with E-state index >= 15 is 0 Å². The number of amides is 2. The van der Waals surface area contributed by atoms with E-state index in [1.54, 1.807) is 31.2 Å². The number of hydrogen-bond donors (Lipinski definition) is 2. The Hall–Kier alpha value is -3.95. The van der Waals surface area contributed by atoms with Crippen LogP contribution in [0, 0.1) is 0 Å². The average Bonchev–Trinajstić information content (AvgIpc) is 3.37. The van der Waals surface area contributed by atoms with Gasteiger partial charge in [-0.05, 0) is 43.7 Å². The van der Waals surface area contributed by atoms with E-state index in [4.69, 9.17) is 23.4 Å². The van der Waals surface area contributed by atoms with Crippen LogP contribution < -0.4 is 20.1 Å². The van der Waals surface area contributed by atoms with Crippen LogP contribution in [0.5, 0.6) is 11.5 Å². The molecule has 1 aromatic carbocycles. The molecule has 0 radical (unpaired) electrons. The summed E-state index contributed by atoms with van der Waals surface area (Å²) in [7, 11) is 1.48. The molecule has 2 heterocycles. The van der Waals surface area contributed by atoms with Gasteiger partial charge in [0, 0.05) is 0 Å². The van der Waals surface area contributed by atoms with Gasteiger partial charge >= 0.3 is 18.0 Å². The molecule has 0 saturated heterocycles. The Balaban J connectivity index is 1.80. The fourth-order valence-corrected chi connectivity index (χ4v) is 3.31. The molecule has 2 aromatic rings. The maximum atomic E-state index is 12.7. The van der Waals surface area contributed by atoms with E-state index in [-0.39, 0.29) is 30.0 Å². The Morgan fingerprint density at radius 1 is 1.09 bits per heavy atom. The van der Waals surface area contributed by atoms with Gasteiger partial charge < -0.3 is 34.0 Å². The van der Waals surface area contributed by atoms with Crippen LogP contribution >= 0.6 is 0 Å². The number of urea groups is 1. The van der Waals surface area contributed by atoms with E-state index in [1.807, 2.05) is 0 Å². The summed E-state index contributed by atoms with van der Waals surface area (Å²) in [5.74, 6) is -0.0870. The van der Waals surface area contributed by atoms with Gasteiger partial charge in [0.2, 0.25) is 0 Å². The lowest BCUT2D eigenvalue weighted by atomic mass is 10.0. The normalized spacial score (nSPS) is 15.3. The number of unbranched alkanes of at least 4 members (excludes halogenated alkanes) is 1. The number of carbonyl (C=O) groups excluding carboxylic acids is 3. The van der Waals surface area contributed by atoms with Crippen LogP contribution in [-0.2, 0) is 14.3 Å². The second-order valence-electron chi connectivity index (χ2n) is 7.30. The van der Waals surface area contributed by atoms with E-state index in [0.717, 1.165) is 12.8 Å². The summed E-state index contributed by atoms with van der Waals surface area (Å²) in [6.07, 6.45) is 3.31. The van der Waals surface area contributed by atoms with Gasteiger partial charge in [-0.25, -0.2) is 14.4 Å². The second kappa shape index (κ2) is 11.8. The zero-order chi connectivity index (χ0) is 24.5. The number of furan rings is 1. The first kappa shape index (κ1) is 24.7. The summed E-state index contributed by atoms with van der Waals surface area (Å²) >= 11 is 0. The maximum Gasteiger partial charge on any atom is 0.338 e. The number of ether oxygens (including phenoxy) is 4. The van der Waals surface area contributed by atoms with E-state index in [9.17, 15) is 14.4 Å². The first-order chi connectivity index (χ1) is 16.5. The van der Waals surface area contributed by atoms with Gasteiger partial charge in [0.1, 0.15) is 18.4 Å². The molecule has 1 aromatic heterocycles. The maximum absolute atomic E-state index is 12.7. The predicted octanol–water partition coefficient (Wildman–Crippen LogP) is 3.50. The van der Waals surface area contributed by atoms with E-state index in [0.29, 0.717) is 23.9 Å². The predicted molar refractivity (Wildman–Crippen MR) is 120 cm³/mol. The molecule has 1 aliphatic heterocycles. The number of nitrogens with one attached hydrogen (secondary N) is 2. The zero-order valence-corrected chi connectivity index (χ0v) is 19.3. The third-order valence-corrected chi connectivity index (χ3v) is 4.98. The molecular weight excluding hydrogens is 444 g/mol. The Morgan fingerprint density at radius 2 is 1.91 bits per heavy atom. The van der Waals surface area contributed by atoms with Gasteiger partial charge in [-0.3, -0.25) is 0 Å². The standard InChI is InChI=1S/C24H28N2O8/c1-4-6-11-32-17-10-9-15(13-19(17)30-3)22(27)34-14-16-20(23(28)31-5-2)21(26-24(29)25-16)18-8-7-12-33-18/h7-10,12-13,21H,4-6,11,14H2,1-3H3,(H2,25,26,29)/t21-/m1/s1. The molecule has 0 spiro atoms. The van der Waals surface area contributed by atoms with Crippen molar-refractivity contribution in [3.63, 3.8) is 0 Å². The van der Waals surface area contributed by atoms with Crippen molar-refractivity contribution in [1.29, 1.82) is 0 Å². The topological polar surface area (TPSA) is 125 Å². The highest BCUT2D eigenvalue weighted by Gasteiger charge is 2.35. The summed E-state index contributed by atoms with van der Waals surface area (Å²) in [5.41, 5.74) is 0.408. The van der Waals surface area contributed by atoms with Gasteiger partial charge in [-0.1, -0.05) is 13.3 Å². The third-order valence-electron chi connectivity index (χ3n) is 4.98. The van der Waals surface area contributed by atoms with Crippen molar-refractivity contribution in [2.45, 2.75) is 32.7 Å². The van der Waals surface area contributed by atoms with E-state index in [2.05, 4.69) is 17.6 Å². The molecule has 3 rings (SSSR count). The molecule has 10 nitrogen and oxygen atoms in total. The lowest BCUT2D eigenvalue weighted by Crippen LogP contribution is -2.47. The van der Waals surface area contributed by atoms with Gasteiger partial charge in [0.05, 0.1) is 43.4 Å². The summed E-state index contributed by atoms with van der Waals surface area (Å²) in [5, 5.41) is 5.16. The fraction of sp³-hybridized carbons (Fsp3) is 0.375. The molecule has 2 N–H and O–H groups in total. The van der Waals surface area contributed by atoms with Crippen molar-refractivity contribution in [2.24, 2.45) is 0 Å². The number of rotatable bonds is 11. The minimum absolute atomic E-state index is 0.0847. The van der Waals surface area contributed by atoms with Crippen LogP contribution in [0.1, 0.15) is 48.8 Å². The fourth-order valence-electron chi connectivity index (χ4n) is 3.31. The van der Waals surface area contributed by atoms with Crippen LogP contribution in [0.25, 0.3) is 0 Å². The number of methoxy groups -OCH3 is 1. The van der Waals surface area contributed by atoms with Crippen LogP contribution in [-0.4, -0.2) is 44.9 Å². The second-order valence-corrected chi connectivity index (χ2v) is 7.30. The lowest BCUT2D eigenvalue weighted by Gasteiger charge is -2.27. The Labute approximate surface area is 197 Å². The Kier molecular flexibility index (Phi) is 8.55. The largest absolute Gasteiger partial charge is 0.493 e. The average molecular weight is 472 g/mol. The molecule has 0 fully saturated rings. The molecule has 0 unspecified atom stereocenters. The van der Waals surface area contributed by atoms with Crippen LogP contribution in [0.3, 0.4) is 0 Å². The van der Waals surface area contributed by atoms with Gasteiger partial charge in [-0.2, -0.15) is 0 Å². The first-order valence-corrected chi connectivity index (χ1v) is 11.0. The third kappa shape index (κ3) is 5.89. The summed E-state index contributed by atoms with van der Waals surface area (Å²) in [6, 6.07) is 6.49. The quantitative estimate of drug-likeness (QED) is 0.376. The van der Waals surface area contributed by atoms with Crippen molar-refractivity contribution in [3.8, 4) is 11.5 Å². The Bertz CT molecular complexity index is 1050. The number of benzene rings is 1. The first-order valence-electron chi connectivity index (χ1n) is 11.0. The van der Waals surface area contributed by atoms with E-state index < -0.39 is 24.0 Å². The minimum atomic E-state index is -0.892. The Morgan fingerprint density at radius 3 is 2.59 bits per heavy atom. The molecule has 10 heteroatoms. The lowest BCUT2D eigenvalue weighted by molar-refractivity contribution is -0.139. The molecule has 0 aliphatic carbocycles. The number of carbonyl (C=O) groups is 3. The van der Waals surface area contributed by atoms with Gasteiger partial charge in [0.15, 0.2) is 11.5 Å². The van der Waals surface area contributed by atoms with Crippen LogP contribution in [0.4, 0.5) is 4.79 Å². The minimum Gasteiger partial charge on any atom is -0.493 e. The van der Waals surface area contributed by atoms with Crippen molar-refractivity contribution in [1.82, 2.24) is 10.6 Å². The monoisotopic (exact) mass is 472 g/mol. The van der Waals surface area contributed by atoms with Crippen LogP contribution in [0.2, 0.25) is 0 Å². The highest BCUT2D eigenvalue weighted by Crippen LogP contribution is 2.30. The van der Waals surface area contributed by atoms with Crippen molar-refractivity contribution >= 4 is 18.0 Å². The highest BCUT2D eigenvalue weighted by atomic mass is 16.5. The van der Waals surface area contributed by atoms with Crippen molar-refractivity contribution in [2.75, 3.05) is 26.9 Å². The van der Waals surface area contributed by atoms with Crippen molar-refractivity contribution < 1.29 is 37.7 Å². The molecule has 182 valence electrons. The number of esters is 2. The molecular formula is C24H28N2O8.